The van der Waals surface area contributed by atoms with Crippen LogP contribution in [0.4, 0.5) is 0 Å². The van der Waals surface area contributed by atoms with Gasteiger partial charge in [0.2, 0.25) is 11.7 Å². The fraction of sp³-hybridized carbons (Fsp3) is 0.500. The topological polar surface area (TPSA) is 68.5 Å². The van der Waals surface area contributed by atoms with Gasteiger partial charge in [0.1, 0.15) is 5.75 Å². The molecule has 3 rings (SSSR count). The number of aromatic nitrogens is 2. The number of benzene rings is 1. The lowest BCUT2D eigenvalue weighted by Crippen LogP contribution is -2.38. The van der Waals surface area contributed by atoms with Crippen molar-refractivity contribution in [2.75, 3.05) is 7.05 Å². The summed E-state index contributed by atoms with van der Waals surface area (Å²) in [4.78, 5) is 18.8. The second-order valence-electron chi connectivity index (χ2n) is 6.22. The maximum Gasteiger partial charge on any atom is 0.257 e. The van der Waals surface area contributed by atoms with Crippen molar-refractivity contribution in [3.63, 3.8) is 0 Å². The number of para-hydroxylation sites is 1. The minimum Gasteiger partial charge on any atom is -0.485 e. The van der Waals surface area contributed by atoms with Gasteiger partial charge in [0.25, 0.3) is 5.91 Å². The minimum atomic E-state index is 0.00166. The summed E-state index contributed by atoms with van der Waals surface area (Å²) < 4.78 is 10.7. The molecule has 1 amide bonds. The Morgan fingerprint density at radius 1 is 1.29 bits per heavy atom. The second kappa shape index (κ2) is 7.47. The monoisotopic (exact) mass is 329 g/mol. The highest BCUT2D eigenvalue weighted by molar-refractivity contribution is 5.97. The van der Waals surface area contributed by atoms with Gasteiger partial charge in [-0.05, 0) is 25.0 Å². The van der Waals surface area contributed by atoms with E-state index in [2.05, 4.69) is 10.1 Å². The quantitative estimate of drug-likeness (QED) is 0.841. The number of hydrogen-bond acceptors (Lipinski definition) is 5. The van der Waals surface area contributed by atoms with Crippen molar-refractivity contribution < 1.29 is 14.1 Å². The molecule has 0 aliphatic heterocycles. The van der Waals surface area contributed by atoms with E-state index in [1.165, 1.54) is 19.3 Å². The number of aryl methyl sites for hydroxylation is 1. The Morgan fingerprint density at radius 3 is 2.75 bits per heavy atom. The van der Waals surface area contributed by atoms with Gasteiger partial charge in [-0.25, -0.2) is 0 Å². The van der Waals surface area contributed by atoms with Gasteiger partial charge in [-0.1, -0.05) is 36.6 Å². The molecule has 1 aliphatic rings. The molecule has 1 aromatic heterocycles. The molecule has 6 nitrogen and oxygen atoms in total. The predicted molar refractivity (Wildman–Crippen MR) is 88.8 cm³/mol. The summed E-state index contributed by atoms with van der Waals surface area (Å²) in [5, 5.41) is 3.81. The number of hydrogen-bond donors (Lipinski definition) is 0. The minimum absolute atomic E-state index is 0.00166. The zero-order valence-corrected chi connectivity index (χ0v) is 14.2. The molecule has 0 radical (unpaired) electrons. The Hall–Kier alpha value is -2.37. The first-order chi connectivity index (χ1) is 11.6. The predicted octanol–water partition coefficient (Wildman–Crippen LogP) is 3.36. The van der Waals surface area contributed by atoms with Crippen LogP contribution in [-0.2, 0) is 6.61 Å². The van der Waals surface area contributed by atoms with Crippen molar-refractivity contribution in [2.45, 2.75) is 51.7 Å². The van der Waals surface area contributed by atoms with E-state index in [4.69, 9.17) is 9.26 Å². The largest absolute Gasteiger partial charge is 0.485 e. The third-order valence-electron chi connectivity index (χ3n) is 4.49. The summed E-state index contributed by atoms with van der Waals surface area (Å²) in [5.41, 5.74) is 0.575. The van der Waals surface area contributed by atoms with E-state index in [0.29, 0.717) is 29.1 Å². The Kier molecular flexibility index (Phi) is 5.13. The lowest BCUT2D eigenvalue weighted by atomic mass is 9.94. The summed E-state index contributed by atoms with van der Waals surface area (Å²) >= 11 is 0. The molecule has 0 saturated heterocycles. The fourth-order valence-electron chi connectivity index (χ4n) is 3.14. The number of rotatable bonds is 5. The molecule has 0 N–H and O–H groups in total. The van der Waals surface area contributed by atoms with E-state index in [1.807, 2.05) is 24.1 Å². The van der Waals surface area contributed by atoms with Crippen molar-refractivity contribution in [3.8, 4) is 5.75 Å². The lowest BCUT2D eigenvalue weighted by Gasteiger charge is -2.31. The SMILES string of the molecule is Cc1nc(COc2ccccc2C(=O)N(C)C2CCCCC2)no1. The number of nitrogens with zero attached hydrogens (tertiary/aromatic N) is 3. The van der Waals surface area contributed by atoms with Crippen LogP contribution in [0.1, 0.15) is 54.2 Å². The van der Waals surface area contributed by atoms with Crippen molar-refractivity contribution in [1.29, 1.82) is 0 Å². The fourth-order valence-corrected chi connectivity index (χ4v) is 3.14. The molecule has 128 valence electrons. The highest BCUT2D eigenvalue weighted by Gasteiger charge is 2.25. The molecular weight excluding hydrogens is 306 g/mol. The summed E-state index contributed by atoms with van der Waals surface area (Å²) in [6.07, 6.45) is 5.80. The van der Waals surface area contributed by atoms with Crippen LogP contribution in [0.3, 0.4) is 0 Å². The normalized spacial score (nSPS) is 15.2. The lowest BCUT2D eigenvalue weighted by molar-refractivity contribution is 0.0691. The first-order valence-corrected chi connectivity index (χ1v) is 8.43. The van der Waals surface area contributed by atoms with Gasteiger partial charge in [-0.3, -0.25) is 4.79 Å². The van der Waals surface area contributed by atoms with Crippen LogP contribution in [0.25, 0.3) is 0 Å². The molecule has 1 fully saturated rings. The number of amides is 1. The van der Waals surface area contributed by atoms with E-state index in [1.54, 1.807) is 19.1 Å². The van der Waals surface area contributed by atoms with E-state index < -0.39 is 0 Å². The third-order valence-corrected chi connectivity index (χ3v) is 4.49. The summed E-state index contributed by atoms with van der Waals surface area (Å²) in [6.45, 7) is 1.90. The molecule has 6 heteroatoms. The summed E-state index contributed by atoms with van der Waals surface area (Å²) in [7, 11) is 1.89. The first kappa shape index (κ1) is 16.5. The first-order valence-electron chi connectivity index (χ1n) is 8.43. The van der Waals surface area contributed by atoms with E-state index in [0.717, 1.165) is 12.8 Å². The number of ether oxygens (including phenoxy) is 1. The van der Waals surface area contributed by atoms with Gasteiger partial charge < -0.3 is 14.2 Å². The standard InChI is InChI=1S/C18H23N3O3/c1-13-19-17(20-24-13)12-23-16-11-7-6-10-15(16)18(22)21(2)14-8-4-3-5-9-14/h6-7,10-11,14H,3-5,8-9,12H2,1-2H3. The summed E-state index contributed by atoms with van der Waals surface area (Å²) in [5.74, 6) is 1.51. The number of carbonyl (C=O) groups excluding carboxylic acids is 1. The van der Waals surface area contributed by atoms with Crippen molar-refractivity contribution in [1.82, 2.24) is 15.0 Å². The zero-order chi connectivity index (χ0) is 16.9. The Labute approximate surface area is 141 Å². The van der Waals surface area contributed by atoms with Gasteiger partial charge in [0.05, 0.1) is 5.56 Å². The second-order valence-corrected chi connectivity index (χ2v) is 6.22. The van der Waals surface area contributed by atoms with Gasteiger partial charge in [-0.2, -0.15) is 4.98 Å². The van der Waals surface area contributed by atoms with Crippen LogP contribution in [0.5, 0.6) is 5.75 Å². The smallest absolute Gasteiger partial charge is 0.257 e. The molecule has 0 atom stereocenters. The third kappa shape index (κ3) is 3.75. The van der Waals surface area contributed by atoms with Crippen molar-refractivity contribution in [2.24, 2.45) is 0 Å². The van der Waals surface area contributed by atoms with Crippen LogP contribution in [0.15, 0.2) is 28.8 Å². The van der Waals surface area contributed by atoms with Crippen LogP contribution in [0.2, 0.25) is 0 Å². The average molecular weight is 329 g/mol. The van der Waals surface area contributed by atoms with Crippen molar-refractivity contribution >= 4 is 5.91 Å². The van der Waals surface area contributed by atoms with Crippen LogP contribution < -0.4 is 4.74 Å². The van der Waals surface area contributed by atoms with Gasteiger partial charge in [0, 0.05) is 20.0 Å². The molecule has 24 heavy (non-hydrogen) atoms. The van der Waals surface area contributed by atoms with Crippen LogP contribution in [-0.4, -0.2) is 34.0 Å². The molecule has 1 saturated carbocycles. The molecule has 0 unspecified atom stereocenters. The number of carbonyl (C=O) groups is 1. The van der Waals surface area contributed by atoms with E-state index in [-0.39, 0.29) is 12.5 Å². The van der Waals surface area contributed by atoms with Gasteiger partial charge in [-0.15, -0.1) is 0 Å². The van der Waals surface area contributed by atoms with E-state index >= 15 is 0 Å². The molecule has 2 aromatic rings. The van der Waals surface area contributed by atoms with Crippen molar-refractivity contribution in [3.05, 3.63) is 41.5 Å². The molecule has 0 spiro atoms. The summed E-state index contributed by atoms with van der Waals surface area (Å²) in [6, 6.07) is 7.63. The van der Waals surface area contributed by atoms with Gasteiger partial charge >= 0.3 is 0 Å². The molecule has 1 heterocycles. The highest BCUT2D eigenvalue weighted by Crippen LogP contribution is 2.26. The Morgan fingerprint density at radius 2 is 2.04 bits per heavy atom. The van der Waals surface area contributed by atoms with Crippen LogP contribution >= 0.6 is 0 Å². The molecular formula is C18H23N3O3. The Balaban J connectivity index is 1.71. The van der Waals surface area contributed by atoms with E-state index in [9.17, 15) is 4.79 Å². The molecule has 1 aliphatic carbocycles. The van der Waals surface area contributed by atoms with Gasteiger partial charge in [0.15, 0.2) is 6.61 Å². The maximum absolute atomic E-state index is 12.9. The molecule has 1 aromatic carbocycles. The maximum atomic E-state index is 12.9. The van der Waals surface area contributed by atoms with Crippen LogP contribution in [0, 0.1) is 6.92 Å². The average Bonchev–Trinajstić information content (AvgIpc) is 3.05. The Bertz CT molecular complexity index is 692. The molecule has 0 bridgehead atoms. The highest BCUT2D eigenvalue weighted by atomic mass is 16.5. The zero-order valence-electron chi connectivity index (χ0n) is 14.2.